The summed E-state index contributed by atoms with van der Waals surface area (Å²) >= 11 is 0. The number of fused-ring (bicyclic) bond motifs is 5. The molecule has 0 saturated heterocycles. The molecule has 130 valence electrons. The standard InChI is InChI=1S/C21H34O2/c1-13(22)17-6-7-18-16-5-4-14-12-15(23)8-10-20(14,2)19(16)9-11-21(17,18)3/h14-19,23H,4-12H2,1-3H3/t14-,15-,16?,17+,18?,19?,20?,21?/m0/s1/i1D3,17D. The van der Waals surface area contributed by atoms with Crippen molar-refractivity contribution < 1.29 is 15.4 Å². The lowest BCUT2D eigenvalue weighted by Gasteiger charge is -2.60. The van der Waals surface area contributed by atoms with Crippen molar-refractivity contribution >= 4 is 5.78 Å². The van der Waals surface area contributed by atoms with E-state index in [-0.39, 0.29) is 17.4 Å². The lowest BCUT2D eigenvalue weighted by Crippen LogP contribution is -2.54. The van der Waals surface area contributed by atoms with Crippen molar-refractivity contribution in [2.45, 2.75) is 84.6 Å². The van der Waals surface area contributed by atoms with Crippen molar-refractivity contribution in [3.63, 3.8) is 0 Å². The van der Waals surface area contributed by atoms with Crippen molar-refractivity contribution in [3.8, 4) is 0 Å². The molecule has 2 heteroatoms. The smallest absolute Gasteiger partial charge is 0.133 e. The summed E-state index contributed by atoms with van der Waals surface area (Å²) in [7, 11) is 0. The molecule has 5 unspecified atom stereocenters. The van der Waals surface area contributed by atoms with Gasteiger partial charge >= 0.3 is 0 Å². The number of hydrogen-bond acceptors (Lipinski definition) is 2. The first-order chi connectivity index (χ1) is 12.4. The van der Waals surface area contributed by atoms with Gasteiger partial charge in [-0.3, -0.25) is 4.79 Å². The minimum Gasteiger partial charge on any atom is -0.393 e. The van der Waals surface area contributed by atoms with Gasteiger partial charge in [0.1, 0.15) is 5.78 Å². The Morgan fingerprint density at radius 1 is 1.04 bits per heavy atom. The maximum atomic E-state index is 12.8. The summed E-state index contributed by atoms with van der Waals surface area (Å²) in [5, 5.41) is 10.1. The molecule has 4 fully saturated rings. The Hall–Kier alpha value is -0.370. The maximum absolute atomic E-state index is 12.8. The topological polar surface area (TPSA) is 37.3 Å². The molecule has 0 bridgehead atoms. The molecular weight excluding hydrogens is 284 g/mol. The van der Waals surface area contributed by atoms with Crippen molar-refractivity contribution in [2.24, 2.45) is 40.4 Å². The first kappa shape index (κ1) is 12.1. The van der Waals surface area contributed by atoms with Gasteiger partial charge in [-0.15, -0.1) is 0 Å². The molecule has 0 heterocycles. The maximum Gasteiger partial charge on any atom is 0.133 e. The van der Waals surface area contributed by atoms with E-state index < -0.39 is 23.9 Å². The number of carbonyl (C=O) groups excluding carboxylic acids is 1. The molecule has 0 aromatic carbocycles. The van der Waals surface area contributed by atoms with Crippen LogP contribution in [0.2, 0.25) is 0 Å². The Labute approximate surface area is 147 Å². The predicted octanol–water partition coefficient (Wildman–Crippen LogP) is 4.60. The highest BCUT2D eigenvalue weighted by atomic mass is 16.3. The van der Waals surface area contributed by atoms with Gasteiger partial charge in [0.25, 0.3) is 0 Å². The fraction of sp³-hybridized carbons (Fsp3) is 0.952. The SMILES string of the molecule is [2H]C([2H])([2H])C(=O)[C@@]1([2H])CCC2C3CC[C@H]4C[C@@H](O)CCC4(C)C3CCC21C. The fourth-order valence-corrected chi connectivity index (χ4v) is 7.42. The van der Waals surface area contributed by atoms with Gasteiger partial charge in [0.2, 0.25) is 0 Å². The van der Waals surface area contributed by atoms with Crippen LogP contribution in [0.15, 0.2) is 0 Å². The molecule has 4 aliphatic rings. The molecule has 4 rings (SSSR count). The third kappa shape index (κ3) is 2.19. The second kappa shape index (κ2) is 5.31. The number of aliphatic hydroxyl groups is 1. The first-order valence-electron chi connectivity index (χ1n) is 11.7. The van der Waals surface area contributed by atoms with Crippen molar-refractivity contribution in [3.05, 3.63) is 0 Å². The van der Waals surface area contributed by atoms with Gasteiger partial charge in [-0.2, -0.15) is 0 Å². The molecule has 0 radical (unpaired) electrons. The fourth-order valence-electron chi connectivity index (χ4n) is 7.42. The van der Waals surface area contributed by atoms with Gasteiger partial charge in [-0.25, -0.2) is 0 Å². The number of rotatable bonds is 1. The van der Waals surface area contributed by atoms with Gasteiger partial charge in [0.15, 0.2) is 0 Å². The lowest BCUT2D eigenvalue weighted by molar-refractivity contribution is -0.138. The third-order valence-electron chi connectivity index (χ3n) is 8.70. The minimum absolute atomic E-state index is 0.155. The second-order valence-electron chi connectivity index (χ2n) is 9.39. The lowest BCUT2D eigenvalue weighted by atomic mass is 9.44. The quantitative estimate of drug-likeness (QED) is 0.766. The van der Waals surface area contributed by atoms with E-state index in [2.05, 4.69) is 6.92 Å². The third-order valence-corrected chi connectivity index (χ3v) is 8.70. The van der Waals surface area contributed by atoms with E-state index in [9.17, 15) is 9.90 Å². The normalized spacial score (nSPS) is 62.0. The molecule has 0 aromatic rings. The van der Waals surface area contributed by atoms with E-state index in [1.807, 2.05) is 6.92 Å². The molecular formula is C21H34O2. The predicted molar refractivity (Wildman–Crippen MR) is 91.9 cm³/mol. The summed E-state index contributed by atoms with van der Waals surface area (Å²) in [6, 6.07) is 0. The Morgan fingerprint density at radius 3 is 2.57 bits per heavy atom. The average molecular weight is 323 g/mol. The molecule has 2 nitrogen and oxygen atoms in total. The summed E-state index contributed by atoms with van der Waals surface area (Å²) in [6.45, 7) is 1.77. The highest BCUT2D eigenvalue weighted by molar-refractivity contribution is 5.79. The van der Waals surface area contributed by atoms with Crippen LogP contribution in [0.3, 0.4) is 0 Å². The Balaban J connectivity index is 1.64. The van der Waals surface area contributed by atoms with Crippen LogP contribution >= 0.6 is 0 Å². The molecule has 8 atom stereocenters. The molecule has 1 N–H and O–H groups in total. The zero-order chi connectivity index (χ0) is 19.8. The number of aliphatic hydroxyl groups excluding tert-OH is 1. The van der Waals surface area contributed by atoms with Crippen LogP contribution in [-0.4, -0.2) is 17.0 Å². The molecule has 0 spiro atoms. The van der Waals surface area contributed by atoms with E-state index in [4.69, 9.17) is 5.48 Å². The zero-order valence-electron chi connectivity index (χ0n) is 18.6. The largest absolute Gasteiger partial charge is 0.393 e. The monoisotopic (exact) mass is 322 g/mol. The van der Waals surface area contributed by atoms with Crippen LogP contribution in [0.25, 0.3) is 0 Å². The van der Waals surface area contributed by atoms with Crippen molar-refractivity contribution in [1.29, 1.82) is 0 Å². The number of Topliss-reactive ketones (excluding diaryl/α,β-unsaturated/α-hetero) is 1. The number of ketones is 1. The zero-order valence-corrected chi connectivity index (χ0v) is 14.6. The van der Waals surface area contributed by atoms with Crippen LogP contribution in [0.5, 0.6) is 0 Å². The van der Waals surface area contributed by atoms with Crippen LogP contribution < -0.4 is 0 Å². The van der Waals surface area contributed by atoms with E-state index in [0.29, 0.717) is 24.2 Å². The number of hydrogen-bond donors (Lipinski definition) is 1. The summed E-state index contributed by atoms with van der Waals surface area (Å²) in [5.74, 6) is -0.347. The van der Waals surface area contributed by atoms with Crippen molar-refractivity contribution in [2.75, 3.05) is 0 Å². The van der Waals surface area contributed by atoms with E-state index in [1.54, 1.807) is 0 Å². The van der Waals surface area contributed by atoms with Crippen LogP contribution in [-0.2, 0) is 4.79 Å². The minimum atomic E-state index is -2.68. The van der Waals surface area contributed by atoms with E-state index >= 15 is 0 Å². The first-order valence-corrected chi connectivity index (χ1v) is 9.66. The van der Waals surface area contributed by atoms with E-state index in [0.717, 1.165) is 51.4 Å². The van der Waals surface area contributed by atoms with Crippen LogP contribution in [0.1, 0.15) is 84.0 Å². The highest BCUT2D eigenvalue weighted by Crippen LogP contribution is 2.67. The van der Waals surface area contributed by atoms with Crippen LogP contribution in [0.4, 0.5) is 0 Å². The van der Waals surface area contributed by atoms with Crippen molar-refractivity contribution in [1.82, 2.24) is 0 Å². The van der Waals surface area contributed by atoms with Crippen LogP contribution in [0, 0.1) is 40.4 Å². The summed E-state index contributed by atoms with van der Waals surface area (Å²) in [5.41, 5.74) is -0.262. The summed E-state index contributed by atoms with van der Waals surface area (Å²) in [6.07, 6.45) is 7.95. The average Bonchev–Trinajstić information content (AvgIpc) is 2.86. The second-order valence-corrected chi connectivity index (χ2v) is 9.39. The molecule has 0 amide bonds. The van der Waals surface area contributed by atoms with Gasteiger partial charge in [-0.05, 0) is 99.1 Å². The summed E-state index contributed by atoms with van der Waals surface area (Å²) < 4.78 is 31.8. The number of carbonyl (C=O) groups is 1. The van der Waals surface area contributed by atoms with Gasteiger partial charge < -0.3 is 5.11 Å². The molecule has 4 saturated carbocycles. The Bertz CT molecular complexity index is 634. The molecule has 4 aliphatic carbocycles. The molecule has 0 aromatic heterocycles. The van der Waals surface area contributed by atoms with Gasteiger partial charge in [0, 0.05) is 11.4 Å². The van der Waals surface area contributed by atoms with Gasteiger partial charge in [-0.1, -0.05) is 13.8 Å². The van der Waals surface area contributed by atoms with Gasteiger partial charge in [0.05, 0.1) is 6.10 Å². The Morgan fingerprint density at radius 2 is 1.78 bits per heavy atom. The Kier molecular flexibility index (Phi) is 2.79. The molecule has 0 aliphatic heterocycles. The molecule has 23 heavy (non-hydrogen) atoms. The highest BCUT2D eigenvalue weighted by Gasteiger charge is 2.60. The van der Waals surface area contributed by atoms with E-state index in [1.165, 1.54) is 0 Å². The summed E-state index contributed by atoms with van der Waals surface area (Å²) in [4.78, 5) is 12.8.